The Balaban J connectivity index is 2.31. The average molecular weight is 275 g/mol. The Bertz CT molecular complexity index is 935. The van der Waals surface area contributed by atoms with E-state index in [1.807, 2.05) is 13.0 Å². The molecule has 0 unspecified atom stereocenters. The number of furan rings is 1. The van der Waals surface area contributed by atoms with E-state index in [4.69, 9.17) is 4.42 Å². The van der Waals surface area contributed by atoms with Crippen LogP contribution in [0.3, 0.4) is 0 Å². The molecule has 0 radical (unpaired) electrons. The Labute approximate surface area is 110 Å². The largest absolute Gasteiger partial charge is 0.462 e. The summed E-state index contributed by atoms with van der Waals surface area (Å²) in [5.74, 6) is 1.35. The van der Waals surface area contributed by atoms with E-state index in [1.54, 1.807) is 12.1 Å². The van der Waals surface area contributed by atoms with Crippen LogP contribution in [0.1, 0.15) is 17.2 Å². The predicted octanol–water partition coefficient (Wildman–Crippen LogP) is 0.269. The summed E-state index contributed by atoms with van der Waals surface area (Å²) in [4.78, 5) is 27.6. The minimum Gasteiger partial charge on any atom is -0.462 e. The Morgan fingerprint density at radius 2 is 2.11 bits per heavy atom. The molecule has 0 atom stereocenters. The summed E-state index contributed by atoms with van der Waals surface area (Å²) in [6.07, 6.45) is 1.62. The van der Waals surface area contributed by atoms with Crippen LogP contribution in [0.25, 0.3) is 11.0 Å². The lowest BCUT2D eigenvalue weighted by atomic mass is 10.4. The number of hydrogen-bond acceptors (Lipinski definition) is 6. The Morgan fingerprint density at radius 1 is 1.32 bits per heavy atom. The van der Waals surface area contributed by atoms with Crippen molar-refractivity contribution in [2.75, 3.05) is 0 Å². The monoisotopic (exact) mass is 275 g/mol. The van der Waals surface area contributed by atoms with Gasteiger partial charge in [-0.25, -0.2) is 0 Å². The van der Waals surface area contributed by atoms with Crippen molar-refractivity contribution >= 4 is 22.4 Å². The number of aromatic nitrogens is 3. The first kappa shape index (κ1) is 11.8. The van der Waals surface area contributed by atoms with Gasteiger partial charge in [-0.2, -0.15) is 14.6 Å². The molecular formula is C12H9N3O3S. The summed E-state index contributed by atoms with van der Waals surface area (Å²) in [5, 5.41) is 3.93. The molecule has 0 spiro atoms. The van der Waals surface area contributed by atoms with Gasteiger partial charge in [0.05, 0.1) is 0 Å². The van der Waals surface area contributed by atoms with Gasteiger partial charge in [-0.15, -0.1) is 0 Å². The molecule has 0 aromatic carbocycles. The van der Waals surface area contributed by atoms with Crippen molar-refractivity contribution in [3.63, 3.8) is 0 Å². The second kappa shape index (κ2) is 4.13. The van der Waals surface area contributed by atoms with Gasteiger partial charge in [0.15, 0.2) is 0 Å². The van der Waals surface area contributed by atoms with E-state index in [0.29, 0.717) is 10.3 Å². The molecule has 0 bridgehead atoms. The van der Waals surface area contributed by atoms with Crippen LogP contribution in [0.5, 0.6) is 0 Å². The van der Waals surface area contributed by atoms with Crippen LogP contribution in [0.4, 0.5) is 0 Å². The molecule has 3 aromatic rings. The lowest BCUT2D eigenvalue weighted by Gasteiger charge is -1.89. The zero-order valence-electron chi connectivity index (χ0n) is 10.2. The maximum atomic E-state index is 12.1. The molecule has 19 heavy (non-hydrogen) atoms. The smallest absolute Gasteiger partial charge is 0.295 e. The van der Waals surface area contributed by atoms with Crippen LogP contribution in [0.15, 0.2) is 26.1 Å². The van der Waals surface area contributed by atoms with Crippen LogP contribution in [-0.2, 0) is 0 Å². The van der Waals surface area contributed by atoms with E-state index < -0.39 is 5.56 Å². The van der Waals surface area contributed by atoms with Crippen LogP contribution in [0, 0.1) is 13.8 Å². The summed E-state index contributed by atoms with van der Waals surface area (Å²) in [6.45, 7) is 3.35. The van der Waals surface area contributed by atoms with Gasteiger partial charge < -0.3 is 4.42 Å². The van der Waals surface area contributed by atoms with Crippen LogP contribution in [-0.4, -0.2) is 14.6 Å². The van der Waals surface area contributed by atoms with Crippen molar-refractivity contribution in [1.29, 1.82) is 0 Å². The Kier molecular flexibility index (Phi) is 2.56. The Morgan fingerprint density at radius 3 is 2.79 bits per heavy atom. The number of nitrogens with zero attached hydrogens (tertiary/aromatic N) is 3. The molecule has 0 saturated carbocycles. The molecule has 0 aliphatic carbocycles. The highest BCUT2D eigenvalue weighted by Gasteiger charge is 2.08. The molecule has 0 aliphatic rings. The molecule has 0 saturated heterocycles. The average Bonchev–Trinajstić information content (AvgIpc) is 2.88. The van der Waals surface area contributed by atoms with Gasteiger partial charge in [-0.05, 0) is 26.0 Å². The fraction of sp³-hybridized carbons (Fsp3) is 0.167. The summed E-state index contributed by atoms with van der Waals surface area (Å²) in [7, 11) is 0. The van der Waals surface area contributed by atoms with Crippen molar-refractivity contribution in [2.24, 2.45) is 0 Å². The molecule has 0 amide bonds. The van der Waals surface area contributed by atoms with Gasteiger partial charge in [0.2, 0.25) is 4.96 Å². The van der Waals surface area contributed by atoms with E-state index in [2.05, 4.69) is 10.1 Å². The first-order chi connectivity index (χ1) is 9.04. The third kappa shape index (κ3) is 1.97. The van der Waals surface area contributed by atoms with Crippen LogP contribution < -0.4 is 15.7 Å². The molecule has 3 aromatic heterocycles. The summed E-state index contributed by atoms with van der Waals surface area (Å²) in [6, 6.07) is 3.59. The molecule has 96 valence electrons. The summed E-state index contributed by atoms with van der Waals surface area (Å²) < 4.78 is 6.96. The van der Waals surface area contributed by atoms with Crippen molar-refractivity contribution < 1.29 is 4.42 Å². The Hall–Kier alpha value is -2.28. The number of fused-ring (bicyclic) bond motifs is 1. The second-order valence-electron chi connectivity index (χ2n) is 4.06. The maximum absolute atomic E-state index is 12.1. The zero-order chi connectivity index (χ0) is 13.6. The highest BCUT2D eigenvalue weighted by Crippen LogP contribution is 2.07. The third-order valence-corrected chi connectivity index (χ3v) is 3.54. The number of rotatable bonds is 1. The molecule has 7 heteroatoms. The van der Waals surface area contributed by atoms with E-state index in [-0.39, 0.29) is 16.2 Å². The molecule has 0 N–H and O–H groups in total. The van der Waals surface area contributed by atoms with Gasteiger partial charge in [0.25, 0.3) is 11.1 Å². The highest BCUT2D eigenvalue weighted by molar-refractivity contribution is 7.15. The maximum Gasteiger partial charge on any atom is 0.295 e. The number of thiazole rings is 1. The minimum absolute atomic E-state index is 0.202. The summed E-state index contributed by atoms with van der Waals surface area (Å²) >= 11 is 1.11. The normalized spacial score (nSPS) is 12.4. The predicted molar refractivity (Wildman–Crippen MR) is 70.4 cm³/mol. The van der Waals surface area contributed by atoms with Crippen molar-refractivity contribution in [2.45, 2.75) is 13.8 Å². The number of hydrogen-bond donors (Lipinski definition) is 0. The molecule has 0 fully saturated rings. The molecule has 0 aliphatic heterocycles. The van der Waals surface area contributed by atoms with Gasteiger partial charge in [0.1, 0.15) is 21.7 Å². The molecular weight excluding hydrogens is 266 g/mol. The topological polar surface area (TPSA) is 77.5 Å². The van der Waals surface area contributed by atoms with Gasteiger partial charge in [-0.3, -0.25) is 9.59 Å². The standard InChI is InChI=1S/C12H9N3O3S/c1-6-3-4-8(18-6)5-9-11(17)15-12(19-9)13-10(16)7(2)14-15/h3-5H,1-2H3. The third-order valence-electron chi connectivity index (χ3n) is 2.58. The van der Waals surface area contributed by atoms with Crippen LogP contribution in [0.2, 0.25) is 0 Å². The lowest BCUT2D eigenvalue weighted by molar-refractivity contribution is 0.525. The molecule has 3 rings (SSSR count). The fourth-order valence-corrected chi connectivity index (χ4v) is 2.53. The van der Waals surface area contributed by atoms with Gasteiger partial charge in [-0.1, -0.05) is 11.3 Å². The van der Waals surface area contributed by atoms with Crippen molar-refractivity contribution in [3.05, 3.63) is 54.6 Å². The second-order valence-corrected chi connectivity index (χ2v) is 5.07. The van der Waals surface area contributed by atoms with E-state index >= 15 is 0 Å². The van der Waals surface area contributed by atoms with Gasteiger partial charge >= 0.3 is 0 Å². The quantitative estimate of drug-likeness (QED) is 0.637. The molecule has 3 heterocycles. The lowest BCUT2D eigenvalue weighted by Crippen LogP contribution is -2.27. The molecule has 6 nitrogen and oxygen atoms in total. The first-order valence-electron chi connectivity index (χ1n) is 5.53. The van der Waals surface area contributed by atoms with E-state index in [9.17, 15) is 9.59 Å². The van der Waals surface area contributed by atoms with Crippen molar-refractivity contribution in [1.82, 2.24) is 14.6 Å². The highest BCUT2D eigenvalue weighted by atomic mass is 32.1. The zero-order valence-corrected chi connectivity index (χ0v) is 11.0. The fourth-order valence-electron chi connectivity index (χ4n) is 1.65. The minimum atomic E-state index is -0.415. The first-order valence-corrected chi connectivity index (χ1v) is 6.35. The van der Waals surface area contributed by atoms with Gasteiger partial charge in [0, 0.05) is 6.08 Å². The van der Waals surface area contributed by atoms with Crippen LogP contribution >= 0.6 is 11.3 Å². The van der Waals surface area contributed by atoms with E-state index in [1.165, 1.54) is 6.92 Å². The van der Waals surface area contributed by atoms with E-state index in [0.717, 1.165) is 21.6 Å². The van der Waals surface area contributed by atoms with Crippen molar-refractivity contribution in [3.8, 4) is 0 Å². The summed E-state index contributed by atoms with van der Waals surface area (Å²) in [5.41, 5.74) is -0.515. The number of aryl methyl sites for hydroxylation is 2. The SMILES string of the molecule is Cc1ccc(C=c2sc3nc(=O)c(C)nn3c2=O)o1.